The highest BCUT2D eigenvalue weighted by Crippen LogP contribution is 2.15. The monoisotopic (exact) mass is 355 g/mol. The summed E-state index contributed by atoms with van der Waals surface area (Å²) in [5.41, 5.74) is 2.00. The third kappa shape index (κ3) is 6.69. The van der Waals surface area contributed by atoms with Crippen molar-refractivity contribution in [3.63, 3.8) is 0 Å². The molecule has 0 saturated heterocycles. The van der Waals surface area contributed by atoms with E-state index in [1.807, 2.05) is 60.7 Å². The predicted molar refractivity (Wildman–Crippen MR) is 101 cm³/mol. The minimum atomic E-state index is -0.860. The highest BCUT2D eigenvalue weighted by atomic mass is 16.6. The van der Waals surface area contributed by atoms with Crippen LogP contribution in [0.25, 0.3) is 0 Å². The Morgan fingerprint density at radius 1 is 1.12 bits per heavy atom. The van der Waals surface area contributed by atoms with Gasteiger partial charge in [-0.15, -0.1) is 0 Å². The van der Waals surface area contributed by atoms with E-state index >= 15 is 0 Å². The van der Waals surface area contributed by atoms with Crippen LogP contribution in [0, 0.1) is 5.92 Å². The van der Waals surface area contributed by atoms with E-state index in [0.29, 0.717) is 12.8 Å². The molecule has 2 aromatic rings. The summed E-state index contributed by atoms with van der Waals surface area (Å²) in [6, 6.07) is 19.3. The Kier molecular flexibility index (Phi) is 8.36. The molecule has 2 aromatic carbocycles. The van der Waals surface area contributed by atoms with Crippen LogP contribution in [-0.2, 0) is 20.8 Å². The molecule has 0 aliphatic rings. The van der Waals surface area contributed by atoms with E-state index in [1.165, 1.54) is 0 Å². The Morgan fingerprint density at radius 2 is 1.77 bits per heavy atom. The molecule has 2 rings (SSSR count). The van der Waals surface area contributed by atoms with Gasteiger partial charge in [0, 0.05) is 0 Å². The lowest BCUT2D eigenvalue weighted by Crippen LogP contribution is -2.33. The number of hydrogen-bond donors (Lipinski definition) is 1. The largest absolute Gasteiger partial charge is 0.466 e. The lowest BCUT2D eigenvalue weighted by atomic mass is 9.97. The van der Waals surface area contributed by atoms with Crippen molar-refractivity contribution in [3.8, 4) is 0 Å². The molecule has 0 amide bonds. The van der Waals surface area contributed by atoms with E-state index in [2.05, 4.69) is 5.16 Å². The van der Waals surface area contributed by atoms with Crippen molar-refractivity contribution in [1.29, 1.82) is 0 Å². The number of esters is 1. The van der Waals surface area contributed by atoms with Gasteiger partial charge in [0.25, 0.3) is 0 Å². The van der Waals surface area contributed by atoms with Gasteiger partial charge in [0.15, 0.2) is 0 Å². The average molecular weight is 355 g/mol. The third-order valence-corrected chi connectivity index (χ3v) is 3.96. The maximum absolute atomic E-state index is 12.1. The van der Waals surface area contributed by atoms with Crippen LogP contribution < -0.4 is 0 Å². The lowest BCUT2D eigenvalue weighted by Gasteiger charge is -2.20. The number of rotatable bonds is 10. The molecule has 0 spiro atoms. The number of carbonyl (C=O) groups excluding carboxylic acids is 1. The second-order valence-corrected chi connectivity index (χ2v) is 5.89. The normalized spacial score (nSPS) is 13.3. The number of hydrogen-bond acceptors (Lipinski definition) is 5. The number of carbonyl (C=O) groups is 1. The maximum Gasteiger partial charge on any atom is 0.315 e. The van der Waals surface area contributed by atoms with Crippen molar-refractivity contribution in [2.45, 2.75) is 25.9 Å². The first-order valence-electron chi connectivity index (χ1n) is 8.79. The summed E-state index contributed by atoms with van der Waals surface area (Å²) >= 11 is 0. The molecule has 5 nitrogen and oxygen atoms in total. The number of benzene rings is 2. The molecule has 0 aliphatic heterocycles. The molecule has 138 valence electrons. The topological polar surface area (TPSA) is 68.1 Å². The standard InChI is InChI=1S/C21H25NO4/c1-2-25-21(24)19(16-26-22-15-18-11-7-4-8-12-18)20(23)14-13-17-9-5-3-6-10-17/h3-12,15,19-20,23H,2,13-14,16H2,1H3/b22-15+. The van der Waals surface area contributed by atoms with E-state index < -0.39 is 18.0 Å². The molecule has 0 bridgehead atoms. The second kappa shape index (κ2) is 11.1. The quantitative estimate of drug-likeness (QED) is 0.404. The van der Waals surface area contributed by atoms with Gasteiger partial charge in [0.2, 0.25) is 0 Å². The summed E-state index contributed by atoms with van der Waals surface area (Å²) in [7, 11) is 0. The van der Waals surface area contributed by atoms with Gasteiger partial charge in [-0.3, -0.25) is 4.79 Å². The molecule has 0 aromatic heterocycles. The fourth-order valence-corrected chi connectivity index (χ4v) is 2.51. The molecule has 1 N–H and O–H groups in total. The zero-order chi connectivity index (χ0) is 18.6. The Labute approximate surface area is 154 Å². The highest BCUT2D eigenvalue weighted by molar-refractivity contribution is 5.78. The Balaban J connectivity index is 1.89. The van der Waals surface area contributed by atoms with Crippen LogP contribution in [0.3, 0.4) is 0 Å². The summed E-state index contributed by atoms with van der Waals surface area (Å²) in [6.45, 7) is 1.96. The number of nitrogens with zero attached hydrogens (tertiary/aromatic N) is 1. The summed E-state index contributed by atoms with van der Waals surface area (Å²) in [5, 5.41) is 14.3. The molecular weight excluding hydrogens is 330 g/mol. The van der Waals surface area contributed by atoms with Crippen LogP contribution in [0.2, 0.25) is 0 Å². The van der Waals surface area contributed by atoms with Crippen molar-refractivity contribution in [3.05, 3.63) is 71.8 Å². The van der Waals surface area contributed by atoms with E-state index in [9.17, 15) is 9.90 Å². The number of oxime groups is 1. The summed E-state index contributed by atoms with van der Waals surface area (Å²) in [4.78, 5) is 17.4. The molecule has 5 heteroatoms. The van der Waals surface area contributed by atoms with Crippen LogP contribution >= 0.6 is 0 Å². The van der Waals surface area contributed by atoms with Crippen molar-refractivity contribution in [2.24, 2.45) is 11.1 Å². The minimum Gasteiger partial charge on any atom is -0.466 e. The maximum atomic E-state index is 12.1. The zero-order valence-corrected chi connectivity index (χ0v) is 15.0. The molecule has 0 fully saturated rings. The van der Waals surface area contributed by atoms with Crippen LogP contribution in [0.15, 0.2) is 65.8 Å². The van der Waals surface area contributed by atoms with Gasteiger partial charge in [-0.25, -0.2) is 0 Å². The predicted octanol–water partition coefficient (Wildman–Crippen LogP) is 3.21. The second-order valence-electron chi connectivity index (χ2n) is 5.89. The number of aryl methyl sites for hydroxylation is 1. The van der Waals surface area contributed by atoms with Gasteiger partial charge in [-0.1, -0.05) is 65.8 Å². The smallest absolute Gasteiger partial charge is 0.315 e. The Hall–Kier alpha value is -2.66. The Bertz CT molecular complexity index is 673. The highest BCUT2D eigenvalue weighted by Gasteiger charge is 2.29. The summed E-state index contributed by atoms with van der Waals surface area (Å²) in [5.74, 6) is -1.24. The van der Waals surface area contributed by atoms with Gasteiger partial charge in [0.1, 0.15) is 12.5 Å². The molecule has 0 aliphatic carbocycles. The van der Waals surface area contributed by atoms with Crippen molar-refractivity contribution in [1.82, 2.24) is 0 Å². The molecule has 0 saturated carbocycles. The first-order valence-corrected chi connectivity index (χ1v) is 8.79. The van der Waals surface area contributed by atoms with E-state index in [1.54, 1.807) is 13.1 Å². The van der Waals surface area contributed by atoms with Crippen LogP contribution in [0.5, 0.6) is 0 Å². The van der Waals surface area contributed by atoms with Crippen LogP contribution in [0.4, 0.5) is 0 Å². The van der Waals surface area contributed by atoms with E-state index in [0.717, 1.165) is 11.1 Å². The minimum absolute atomic E-state index is 0.0296. The van der Waals surface area contributed by atoms with Crippen LogP contribution in [0.1, 0.15) is 24.5 Å². The summed E-state index contributed by atoms with van der Waals surface area (Å²) in [6.07, 6.45) is 1.82. The number of aliphatic hydroxyl groups excluding tert-OH is 1. The average Bonchev–Trinajstić information content (AvgIpc) is 2.68. The summed E-state index contributed by atoms with van der Waals surface area (Å²) < 4.78 is 5.06. The number of ether oxygens (including phenoxy) is 1. The first-order chi connectivity index (χ1) is 12.7. The molecule has 0 heterocycles. The SMILES string of the molecule is CCOC(=O)C(CO/N=C/c1ccccc1)C(O)CCc1ccccc1. The third-order valence-electron chi connectivity index (χ3n) is 3.96. The van der Waals surface area contributed by atoms with Gasteiger partial charge in [-0.05, 0) is 30.9 Å². The van der Waals surface area contributed by atoms with Crippen molar-refractivity contribution in [2.75, 3.05) is 13.2 Å². The fraction of sp³-hybridized carbons (Fsp3) is 0.333. The molecule has 2 unspecified atom stereocenters. The lowest BCUT2D eigenvalue weighted by molar-refractivity contribution is -0.155. The fourth-order valence-electron chi connectivity index (χ4n) is 2.51. The van der Waals surface area contributed by atoms with Crippen molar-refractivity contribution < 1.29 is 19.5 Å². The van der Waals surface area contributed by atoms with Gasteiger partial charge < -0.3 is 14.7 Å². The molecule has 26 heavy (non-hydrogen) atoms. The van der Waals surface area contributed by atoms with Crippen molar-refractivity contribution >= 4 is 12.2 Å². The zero-order valence-electron chi connectivity index (χ0n) is 15.0. The van der Waals surface area contributed by atoms with Gasteiger partial charge in [0.05, 0.1) is 18.9 Å². The van der Waals surface area contributed by atoms with Gasteiger partial charge in [-0.2, -0.15) is 0 Å². The molecule has 2 atom stereocenters. The molecule has 0 radical (unpaired) electrons. The number of aliphatic hydroxyl groups is 1. The van der Waals surface area contributed by atoms with Crippen LogP contribution in [-0.4, -0.2) is 36.6 Å². The first kappa shape index (κ1) is 19.7. The Morgan fingerprint density at radius 3 is 2.42 bits per heavy atom. The van der Waals surface area contributed by atoms with Gasteiger partial charge >= 0.3 is 5.97 Å². The van der Waals surface area contributed by atoms with E-state index in [4.69, 9.17) is 9.57 Å². The molecular formula is C21H25NO4. The van der Waals surface area contributed by atoms with E-state index in [-0.39, 0.29) is 13.2 Å².